The second-order valence-corrected chi connectivity index (χ2v) is 6.93. The average Bonchev–Trinajstić information content (AvgIpc) is 2.71. The molecule has 6 nitrogen and oxygen atoms in total. The molecule has 0 aromatic heterocycles. The van der Waals surface area contributed by atoms with Crippen LogP contribution in [-0.2, 0) is 22.6 Å². The van der Waals surface area contributed by atoms with Crippen molar-refractivity contribution in [3.63, 3.8) is 0 Å². The summed E-state index contributed by atoms with van der Waals surface area (Å²) >= 11 is 0. The fraction of sp³-hybridized carbons (Fsp3) is 0.364. The van der Waals surface area contributed by atoms with Crippen LogP contribution in [0.25, 0.3) is 0 Å². The molecule has 0 spiro atoms. The smallest absolute Gasteiger partial charge is 0.325 e. The van der Waals surface area contributed by atoms with Crippen molar-refractivity contribution in [2.24, 2.45) is 0 Å². The Balaban J connectivity index is 1.72. The first-order valence-corrected chi connectivity index (χ1v) is 9.48. The number of aryl methyl sites for hydroxylation is 1. The molecular weight excluding hydrogens is 356 g/mol. The molecule has 1 fully saturated rings. The Labute approximate surface area is 165 Å². The van der Waals surface area contributed by atoms with Crippen molar-refractivity contribution in [1.29, 1.82) is 0 Å². The number of amides is 1. The monoisotopic (exact) mass is 382 g/mol. The number of carboxylic acids is 1. The number of aliphatic carboxylic acids is 1. The molecule has 1 amide bonds. The van der Waals surface area contributed by atoms with Gasteiger partial charge >= 0.3 is 5.97 Å². The Morgan fingerprint density at radius 1 is 1.14 bits per heavy atom. The normalized spacial score (nSPS) is 16.1. The van der Waals surface area contributed by atoms with Gasteiger partial charge in [0, 0.05) is 19.6 Å². The molecule has 3 rings (SSSR count). The zero-order valence-electron chi connectivity index (χ0n) is 16.3. The van der Waals surface area contributed by atoms with Crippen LogP contribution in [0.5, 0.6) is 5.75 Å². The van der Waals surface area contributed by atoms with E-state index in [1.54, 1.807) is 16.9 Å². The highest BCUT2D eigenvalue weighted by Crippen LogP contribution is 2.27. The molecular formula is C22H26N2O4. The van der Waals surface area contributed by atoms with Gasteiger partial charge < -0.3 is 14.7 Å². The molecule has 28 heavy (non-hydrogen) atoms. The second-order valence-electron chi connectivity index (χ2n) is 6.93. The third-order valence-corrected chi connectivity index (χ3v) is 5.21. The van der Waals surface area contributed by atoms with E-state index in [2.05, 4.69) is 0 Å². The highest BCUT2D eigenvalue weighted by atomic mass is 16.5. The molecule has 0 saturated carbocycles. The minimum absolute atomic E-state index is 0.0534. The highest BCUT2D eigenvalue weighted by Gasteiger charge is 2.34. The van der Waals surface area contributed by atoms with Gasteiger partial charge in [0.25, 0.3) is 0 Å². The van der Waals surface area contributed by atoms with E-state index in [1.807, 2.05) is 55.5 Å². The molecule has 0 aliphatic carbocycles. The zero-order valence-corrected chi connectivity index (χ0v) is 16.3. The molecule has 2 aromatic rings. The molecule has 148 valence electrons. The summed E-state index contributed by atoms with van der Waals surface area (Å²) < 4.78 is 5.16. The van der Waals surface area contributed by atoms with E-state index < -0.39 is 12.0 Å². The molecule has 0 bridgehead atoms. The first kappa shape index (κ1) is 19.9. The van der Waals surface area contributed by atoms with Crippen LogP contribution in [0.3, 0.4) is 0 Å². The molecule has 6 heteroatoms. The summed E-state index contributed by atoms with van der Waals surface area (Å²) in [6.07, 6.45) is 0.755. The van der Waals surface area contributed by atoms with Gasteiger partial charge in [-0.3, -0.25) is 14.5 Å². The van der Waals surface area contributed by atoms with Crippen molar-refractivity contribution in [3.8, 4) is 5.75 Å². The maximum absolute atomic E-state index is 12.7. The van der Waals surface area contributed by atoms with Gasteiger partial charge in [0.1, 0.15) is 11.8 Å². The topological polar surface area (TPSA) is 70.1 Å². The second kappa shape index (κ2) is 8.89. The minimum Gasteiger partial charge on any atom is -0.497 e. The molecule has 1 aliphatic rings. The number of carbonyl (C=O) groups excluding carboxylic acids is 1. The lowest BCUT2D eigenvalue weighted by Crippen LogP contribution is -2.52. The highest BCUT2D eigenvalue weighted by molar-refractivity contribution is 5.81. The number of piperazine rings is 1. The third kappa shape index (κ3) is 4.34. The van der Waals surface area contributed by atoms with Crippen LogP contribution >= 0.6 is 0 Å². The van der Waals surface area contributed by atoms with Crippen LogP contribution < -0.4 is 4.74 Å². The first-order chi connectivity index (χ1) is 13.5. The molecule has 1 N–H and O–H groups in total. The Morgan fingerprint density at radius 3 is 2.46 bits per heavy atom. The number of hydrogen-bond acceptors (Lipinski definition) is 4. The van der Waals surface area contributed by atoms with E-state index in [0.29, 0.717) is 19.6 Å². The van der Waals surface area contributed by atoms with Gasteiger partial charge in [-0.1, -0.05) is 43.3 Å². The van der Waals surface area contributed by atoms with Crippen molar-refractivity contribution in [3.05, 3.63) is 65.2 Å². The summed E-state index contributed by atoms with van der Waals surface area (Å²) in [7, 11) is 1.62. The lowest BCUT2D eigenvalue weighted by molar-refractivity contribution is -0.148. The summed E-state index contributed by atoms with van der Waals surface area (Å²) in [6, 6.07) is 14.4. The summed E-state index contributed by atoms with van der Waals surface area (Å²) in [6.45, 7) is 3.65. The van der Waals surface area contributed by atoms with Gasteiger partial charge in [0.15, 0.2) is 0 Å². The van der Waals surface area contributed by atoms with Gasteiger partial charge in [-0.2, -0.15) is 0 Å². The van der Waals surface area contributed by atoms with Gasteiger partial charge in [0.2, 0.25) is 5.91 Å². The minimum atomic E-state index is -0.919. The van der Waals surface area contributed by atoms with Crippen molar-refractivity contribution in [1.82, 2.24) is 9.80 Å². The van der Waals surface area contributed by atoms with Crippen molar-refractivity contribution in [2.45, 2.75) is 25.9 Å². The predicted molar refractivity (Wildman–Crippen MR) is 106 cm³/mol. The Hall–Kier alpha value is -2.86. The van der Waals surface area contributed by atoms with E-state index in [4.69, 9.17) is 4.74 Å². The van der Waals surface area contributed by atoms with E-state index in [1.165, 1.54) is 0 Å². The van der Waals surface area contributed by atoms with E-state index >= 15 is 0 Å². The predicted octanol–water partition coefficient (Wildman–Crippen LogP) is 2.73. The lowest BCUT2D eigenvalue weighted by atomic mass is 9.97. The fourth-order valence-corrected chi connectivity index (χ4v) is 3.67. The van der Waals surface area contributed by atoms with E-state index in [9.17, 15) is 14.7 Å². The quantitative estimate of drug-likeness (QED) is 0.797. The van der Waals surface area contributed by atoms with Gasteiger partial charge in [-0.15, -0.1) is 0 Å². The molecule has 1 atom stereocenters. The summed E-state index contributed by atoms with van der Waals surface area (Å²) in [4.78, 5) is 28.3. The number of nitrogens with zero attached hydrogens (tertiary/aromatic N) is 2. The number of carboxylic acid groups (broad SMARTS) is 1. The summed E-state index contributed by atoms with van der Waals surface area (Å²) in [5, 5.41) is 9.86. The molecule has 2 aromatic carbocycles. The Kier molecular flexibility index (Phi) is 6.31. The standard InChI is InChI=1S/C22H26N2O4/c1-3-17-6-4-5-7-19(17)21(22(26)27)24-13-12-23(20(25)15-24)14-16-8-10-18(28-2)11-9-16/h4-11,21H,3,12-15H2,1-2H3,(H,26,27). The summed E-state index contributed by atoms with van der Waals surface area (Å²) in [5.41, 5.74) is 2.80. The van der Waals surface area contributed by atoms with Crippen LogP contribution in [0.4, 0.5) is 0 Å². The van der Waals surface area contributed by atoms with E-state index in [0.717, 1.165) is 28.9 Å². The first-order valence-electron chi connectivity index (χ1n) is 9.48. The van der Waals surface area contributed by atoms with Crippen LogP contribution in [0.15, 0.2) is 48.5 Å². The van der Waals surface area contributed by atoms with Crippen molar-refractivity contribution >= 4 is 11.9 Å². The Bertz CT molecular complexity index is 835. The molecule has 0 radical (unpaired) electrons. The maximum atomic E-state index is 12.7. The van der Waals surface area contributed by atoms with Gasteiger partial charge in [-0.25, -0.2) is 0 Å². The average molecular weight is 382 g/mol. The number of ether oxygens (including phenoxy) is 1. The molecule has 1 aliphatic heterocycles. The number of rotatable bonds is 7. The number of benzene rings is 2. The van der Waals surface area contributed by atoms with Gasteiger partial charge in [0.05, 0.1) is 13.7 Å². The van der Waals surface area contributed by atoms with Crippen LogP contribution in [0.1, 0.15) is 29.7 Å². The van der Waals surface area contributed by atoms with Crippen LogP contribution in [-0.4, -0.2) is 53.5 Å². The van der Waals surface area contributed by atoms with Crippen molar-refractivity contribution in [2.75, 3.05) is 26.7 Å². The number of methoxy groups -OCH3 is 1. The van der Waals surface area contributed by atoms with Crippen LogP contribution in [0.2, 0.25) is 0 Å². The number of hydrogen-bond donors (Lipinski definition) is 1. The summed E-state index contributed by atoms with van der Waals surface area (Å²) in [5.74, 6) is -0.196. The van der Waals surface area contributed by atoms with Crippen molar-refractivity contribution < 1.29 is 19.4 Å². The molecule has 1 unspecified atom stereocenters. The Morgan fingerprint density at radius 2 is 1.86 bits per heavy atom. The fourth-order valence-electron chi connectivity index (χ4n) is 3.67. The van der Waals surface area contributed by atoms with Crippen LogP contribution in [0, 0.1) is 0 Å². The molecule has 1 saturated heterocycles. The maximum Gasteiger partial charge on any atom is 0.325 e. The third-order valence-electron chi connectivity index (χ3n) is 5.21. The number of carbonyl (C=O) groups is 2. The lowest BCUT2D eigenvalue weighted by Gasteiger charge is -2.37. The van der Waals surface area contributed by atoms with Gasteiger partial charge in [-0.05, 0) is 35.2 Å². The van der Waals surface area contributed by atoms with E-state index in [-0.39, 0.29) is 12.5 Å². The zero-order chi connectivity index (χ0) is 20.1. The SMILES string of the molecule is CCc1ccccc1C(C(=O)O)N1CCN(Cc2ccc(OC)cc2)C(=O)C1. The molecule has 1 heterocycles. The largest absolute Gasteiger partial charge is 0.497 e.